The summed E-state index contributed by atoms with van der Waals surface area (Å²) in [6, 6.07) is 2.71. The van der Waals surface area contributed by atoms with Crippen LogP contribution in [-0.4, -0.2) is 68.6 Å². The van der Waals surface area contributed by atoms with Gasteiger partial charge in [0.1, 0.15) is 12.6 Å². The molecule has 0 unspecified atom stereocenters. The van der Waals surface area contributed by atoms with Crippen molar-refractivity contribution in [3.63, 3.8) is 0 Å². The van der Waals surface area contributed by atoms with Gasteiger partial charge in [-0.05, 0) is 24.7 Å². The van der Waals surface area contributed by atoms with Gasteiger partial charge in [0.15, 0.2) is 0 Å². The van der Waals surface area contributed by atoms with Crippen LogP contribution in [0.3, 0.4) is 0 Å². The van der Waals surface area contributed by atoms with E-state index in [2.05, 4.69) is 5.32 Å². The van der Waals surface area contributed by atoms with Crippen LogP contribution in [-0.2, 0) is 14.3 Å². The first-order valence-electron chi connectivity index (χ1n) is 9.11. The van der Waals surface area contributed by atoms with Crippen molar-refractivity contribution in [3.05, 3.63) is 23.8 Å². The number of benzene rings is 1. The third kappa shape index (κ3) is 5.87. The van der Waals surface area contributed by atoms with E-state index in [1.54, 1.807) is 6.92 Å². The molecule has 1 atom stereocenters. The number of hydrogen-bond donors (Lipinski definition) is 2. The van der Waals surface area contributed by atoms with Gasteiger partial charge in [0.25, 0.3) is 18.8 Å². The van der Waals surface area contributed by atoms with E-state index in [4.69, 9.17) is 10.5 Å². The van der Waals surface area contributed by atoms with Crippen LogP contribution < -0.4 is 16.0 Å². The fourth-order valence-corrected chi connectivity index (χ4v) is 3.10. The second-order valence-corrected chi connectivity index (χ2v) is 6.39. The summed E-state index contributed by atoms with van der Waals surface area (Å²) in [5.41, 5.74) is 5.17. The lowest BCUT2D eigenvalue weighted by Crippen LogP contribution is -2.50. The maximum Gasteiger partial charge on any atom is 0.265 e. The molecule has 3 N–H and O–H groups in total. The van der Waals surface area contributed by atoms with E-state index in [-0.39, 0.29) is 50.1 Å². The molecule has 1 aromatic carbocycles. The Labute approximate surface area is 165 Å². The van der Waals surface area contributed by atoms with Gasteiger partial charge in [-0.25, -0.2) is 17.6 Å². The average Bonchev–Trinajstić information content (AvgIpc) is 2.68. The van der Waals surface area contributed by atoms with Crippen LogP contribution >= 0.6 is 0 Å². The highest BCUT2D eigenvalue weighted by Gasteiger charge is 2.28. The molecule has 1 heterocycles. The van der Waals surface area contributed by atoms with Crippen molar-refractivity contribution in [2.75, 3.05) is 49.6 Å². The molecule has 11 heteroatoms. The van der Waals surface area contributed by atoms with Crippen molar-refractivity contribution in [2.24, 2.45) is 5.73 Å². The Hall–Kier alpha value is -2.24. The van der Waals surface area contributed by atoms with Crippen molar-refractivity contribution in [2.45, 2.75) is 25.8 Å². The predicted octanol–water partition coefficient (Wildman–Crippen LogP) is 1.84. The Morgan fingerprint density at radius 3 is 2.62 bits per heavy atom. The standard InChI is InChI=1S/C18H24F4N4O3/c1-2-25(9-15(19)20)14(8-23)18(28)24-13-4-3-11(7-12(13)17(21)22)26-5-6-29-10-16(26)27/h3-4,7,14-15,17H,2,5-6,8-10,23H2,1H3,(H,24,28)/t14-/m0/s1. The van der Waals surface area contributed by atoms with Crippen LogP contribution in [0, 0.1) is 0 Å². The third-order valence-electron chi connectivity index (χ3n) is 4.57. The summed E-state index contributed by atoms with van der Waals surface area (Å²) >= 11 is 0. The molecular formula is C18H24F4N4O3. The van der Waals surface area contributed by atoms with Crippen LogP contribution in [0.15, 0.2) is 18.2 Å². The van der Waals surface area contributed by atoms with E-state index >= 15 is 0 Å². The molecule has 2 amide bonds. The molecule has 0 radical (unpaired) electrons. The van der Waals surface area contributed by atoms with E-state index in [0.717, 1.165) is 6.07 Å². The number of nitrogens with one attached hydrogen (secondary N) is 1. The summed E-state index contributed by atoms with van der Waals surface area (Å²) in [4.78, 5) is 27.0. The van der Waals surface area contributed by atoms with Crippen molar-refractivity contribution >= 4 is 23.2 Å². The number of nitrogens with two attached hydrogens (primary N) is 1. The van der Waals surface area contributed by atoms with E-state index in [0.29, 0.717) is 0 Å². The highest BCUT2D eigenvalue weighted by atomic mass is 19.3. The molecule has 0 aromatic heterocycles. The van der Waals surface area contributed by atoms with Crippen LogP contribution in [0.5, 0.6) is 0 Å². The van der Waals surface area contributed by atoms with Gasteiger partial charge in [-0.15, -0.1) is 0 Å². The van der Waals surface area contributed by atoms with Gasteiger partial charge in [0, 0.05) is 30.0 Å². The fraction of sp³-hybridized carbons (Fsp3) is 0.556. The topological polar surface area (TPSA) is 87.9 Å². The minimum absolute atomic E-state index is 0.138. The number of carbonyl (C=O) groups is 2. The fourth-order valence-electron chi connectivity index (χ4n) is 3.10. The molecule has 1 aliphatic heterocycles. The van der Waals surface area contributed by atoms with Gasteiger partial charge in [0.2, 0.25) is 5.91 Å². The molecule has 0 spiro atoms. The number of hydrogen-bond acceptors (Lipinski definition) is 5. The van der Waals surface area contributed by atoms with Crippen molar-refractivity contribution in [3.8, 4) is 0 Å². The van der Waals surface area contributed by atoms with Gasteiger partial charge < -0.3 is 20.7 Å². The van der Waals surface area contributed by atoms with Crippen LogP contribution in [0.1, 0.15) is 18.9 Å². The molecule has 1 saturated heterocycles. The Morgan fingerprint density at radius 1 is 1.34 bits per heavy atom. The zero-order valence-corrected chi connectivity index (χ0v) is 15.9. The molecule has 1 fully saturated rings. The number of anilines is 2. The van der Waals surface area contributed by atoms with Gasteiger partial charge in [0.05, 0.1) is 13.2 Å². The molecule has 0 bridgehead atoms. The highest BCUT2D eigenvalue weighted by Crippen LogP contribution is 2.32. The lowest BCUT2D eigenvalue weighted by atomic mass is 10.1. The summed E-state index contributed by atoms with van der Waals surface area (Å²) in [5.74, 6) is -1.12. The first-order valence-corrected chi connectivity index (χ1v) is 9.11. The molecule has 29 heavy (non-hydrogen) atoms. The molecule has 162 valence electrons. The maximum atomic E-state index is 13.6. The number of carbonyl (C=O) groups excluding carboxylic acids is 2. The smallest absolute Gasteiger partial charge is 0.265 e. The molecule has 0 saturated carbocycles. The maximum absolute atomic E-state index is 13.6. The van der Waals surface area contributed by atoms with Gasteiger partial charge in [-0.1, -0.05) is 6.92 Å². The molecule has 1 aromatic rings. The molecular weight excluding hydrogens is 396 g/mol. The van der Waals surface area contributed by atoms with Gasteiger partial charge >= 0.3 is 0 Å². The second kappa shape index (κ2) is 10.5. The number of nitrogens with zero attached hydrogens (tertiary/aromatic N) is 2. The van der Waals surface area contributed by atoms with E-state index in [9.17, 15) is 27.2 Å². The largest absolute Gasteiger partial charge is 0.370 e. The van der Waals surface area contributed by atoms with Crippen LogP contribution in [0.25, 0.3) is 0 Å². The number of ether oxygens (including phenoxy) is 1. The zero-order valence-electron chi connectivity index (χ0n) is 15.9. The lowest BCUT2D eigenvalue weighted by Gasteiger charge is -2.29. The van der Waals surface area contributed by atoms with Gasteiger partial charge in [-0.3, -0.25) is 14.5 Å². The van der Waals surface area contributed by atoms with E-state index < -0.39 is 36.9 Å². The monoisotopic (exact) mass is 420 g/mol. The van der Waals surface area contributed by atoms with E-state index in [1.807, 2.05) is 0 Å². The number of rotatable bonds is 9. The first kappa shape index (κ1) is 23.0. The number of morpholine rings is 1. The first-order chi connectivity index (χ1) is 13.8. The Bertz CT molecular complexity index is 720. The normalized spacial score (nSPS) is 16.0. The summed E-state index contributed by atoms with van der Waals surface area (Å²) in [6.45, 7) is 1.18. The second-order valence-electron chi connectivity index (χ2n) is 6.39. The Morgan fingerprint density at radius 2 is 2.07 bits per heavy atom. The minimum atomic E-state index is -2.93. The third-order valence-corrected chi connectivity index (χ3v) is 4.57. The lowest BCUT2D eigenvalue weighted by molar-refractivity contribution is -0.125. The predicted molar refractivity (Wildman–Crippen MR) is 99.3 cm³/mol. The number of halogens is 4. The zero-order chi connectivity index (χ0) is 21.6. The quantitative estimate of drug-likeness (QED) is 0.596. The number of alkyl halides is 4. The Balaban J connectivity index is 2.24. The summed E-state index contributed by atoms with van der Waals surface area (Å²) < 4.78 is 57.7. The van der Waals surface area contributed by atoms with Crippen LogP contribution in [0.2, 0.25) is 0 Å². The molecule has 0 aliphatic carbocycles. The average molecular weight is 420 g/mol. The van der Waals surface area contributed by atoms with Crippen molar-refractivity contribution < 1.29 is 31.9 Å². The summed E-state index contributed by atoms with van der Waals surface area (Å²) in [7, 11) is 0. The molecule has 1 aliphatic rings. The number of amides is 2. The minimum Gasteiger partial charge on any atom is -0.370 e. The SMILES string of the molecule is CCN(CC(F)F)[C@@H](CN)C(=O)Nc1ccc(N2CCOCC2=O)cc1C(F)F. The van der Waals surface area contributed by atoms with Gasteiger partial charge in [-0.2, -0.15) is 0 Å². The summed E-state index contributed by atoms with van der Waals surface area (Å²) in [5, 5.41) is 2.36. The summed E-state index contributed by atoms with van der Waals surface area (Å²) in [6.07, 6.45) is -5.60. The number of likely N-dealkylation sites (N-methyl/N-ethyl adjacent to an activating group) is 1. The Kier molecular flexibility index (Phi) is 8.35. The molecule has 2 rings (SSSR count). The van der Waals surface area contributed by atoms with E-state index in [1.165, 1.54) is 21.9 Å². The van der Waals surface area contributed by atoms with Crippen molar-refractivity contribution in [1.82, 2.24) is 4.90 Å². The highest BCUT2D eigenvalue weighted by molar-refractivity contribution is 5.97. The van der Waals surface area contributed by atoms with Crippen LogP contribution in [0.4, 0.5) is 28.9 Å². The van der Waals surface area contributed by atoms with Crippen molar-refractivity contribution in [1.29, 1.82) is 0 Å². The molecule has 7 nitrogen and oxygen atoms in total.